The van der Waals surface area contributed by atoms with Gasteiger partial charge in [-0.05, 0) is 18.2 Å². The first-order valence-corrected chi connectivity index (χ1v) is 8.69. The van der Waals surface area contributed by atoms with E-state index in [4.69, 9.17) is 4.98 Å². The Morgan fingerprint density at radius 2 is 1.22 bits per heavy atom. The highest BCUT2D eigenvalue weighted by Crippen LogP contribution is 2.40. The molecule has 0 unspecified atom stereocenters. The van der Waals surface area contributed by atoms with E-state index in [1.807, 2.05) is 79.8 Å². The van der Waals surface area contributed by atoms with E-state index in [0.717, 1.165) is 38.4 Å². The van der Waals surface area contributed by atoms with Crippen LogP contribution in [0.3, 0.4) is 0 Å². The number of aryl methyl sites for hydroxylation is 1. The molecule has 27 heavy (non-hydrogen) atoms. The minimum absolute atomic E-state index is 0.0996. The zero-order valence-corrected chi connectivity index (χ0v) is 14.7. The highest BCUT2D eigenvalue weighted by Gasteiger charge is 2.14. The number of fused-ring (bicyclic) bond motifs is 3. The van der Waals surface area contributed by atoms with Gasteiger partial charge in [-0.2, -0.15) is 0 Å². The van der Waals surface area contributed by atoms with Crippen LogP contribution in [0.2, 0.25) is 0 Å². The van der Waals surface area contributed by atoms with Gasteiger partial charge in [0.1, 0.15) is 5.69 Å². The van der Waals surface area contributed by atoms with Gasteiger partial charge in [0.15, 0.2) is 5.69 Å². The molecule has 0 aliphatic carbocycles. The number of aromatic nitrogens is 2. The molecule has 0 saturated carbocycles. The molecule has 5 nitrogen and oxygen atoms in total. The van der Waals surface area contributed by atoms with E-state index < -0.39 is 0 Å². The van der Waals surface area contributed by atoms with Crippen LogP contribution in [0.15, 0.2) is 83.0 Å². The van der Waals surface area contributed by atoms with Crippen molar-refractivity contribution in [1.82, 2.24) is 9.55 Å². The van der Waals surface area contributed by atoms with E-state index in [1.165, 1.54) is 0 Å². The maximum atomic E-state index is 10.5. The number of rotatable bonds is 2. The lowest BCUT2D eigenvalue weighted by atomic mass is 10.1. The zero-order chi connectivity index (χ0) is 18.4. The van der Waals surface area contributed by atoms with Crippen LogP contribution in [0.1, 0.15) is 0 Å². The average Bonchev–Trinajstić information content (AvgIpc) is 2.96. The Labute approximate surface area is 155 Å². The third-order valence-corrected chi connectivity index (χ3v) is 4.86. The number of pyridine rings is 1. The van der Waals surface area contributed by atoms with Gasteiger partial charge in [0, 0.05) is 23.2 Å². The number of nitrogens with zero attached hydrogens (tertiary/aromatic N) is 4. The molecule has 0 saturated heterocycles. The molecule has 0 fully saturated rings. The van der Waals surface area contributed by atoms with Crippen molar-refractivity contribution in [3.8, 4) is 5.88 Å². The van der Waals surface area contributed by atoms with E-state index in [9.17, 15) is 5.11 Å². The van der Waals surface area contributed by atoms with E-state index >= 15 is 0 Å². The SMILES string of the molecule is Cn1c(O)c(N=Nc2c3ccccc3nc3ccccc23)c2ccccc21. The van der Waals surface area contributed by atoms with Gasteiger partial charge in [-0.15, -0.1) is 10.2 Å². The maximum Gasteiger partial charge on any atom is 0.220 e. The molecule has 5 aromatic rings. The second-order valence-corrected chi connectivity index (χ2v) is 6.44. The van der Waals surface area contributed by atoms with Crippen LogP contribution < -0.4 is 0 Å². The van der Waals surface area contributed by atoms with Crippen LogP contribution in [0.5, 0.6) is 5.88 Å². The fourth-order valence-corrected chi connectivity index (χ4v) is 3.48. The number of hydrogen-bond donors (Lipinski definition) is 1. The highest BCUT2D eigenvalue weighted by molar-refractivity contribution is 6.06. The van der Waals surface area contributed by atoms with Gasteiger partial charge < -0.3 is 9.67 Å². The van der Waals surface area contributed by atoms with Gasteiger partial charge in [0.05, 0.1) is 16.6 Å². The fraction of sp³-hybridized carbons (Fsp3) is 0.0455. The Bertz CT molecular complexity index is 1300. The lowest BCUT2D eigenvalue weighted by Gasteiger charge is -2.05. The molecule has 1 N–H and O–H groups in total. The lowest BCUT2D eigenvalue weighted by molar-refractivity contribution is 0.436. The number of azo groups is 1. The van der Waals surface area contributed by atoms with Crippen molar-refractivity contribution in [2.24, 2.45) is 17.3 Å². The van der Waals surface area contributed by atoms with Crippen LogP contribution in [0, 0.1) is 0 Å². The molecular weight excluding hydrogens is 336 g/mol. The lowest BCUT2D eigenvalue weighted by Crippen LogP contribution is -1.84. The van der Waals surface area contributed by atoms with Crippen molar-refractivity contribution in [1.29, 1.82) is 0 Å². The molecule has 0 spiro atoms. The molecule has 2 heterocycles. The summed E-state index contributed by atoms with van der Waals surface area (Å²) >= 11 is 0. The normalized spacial score (nSPS) is 11.9. The monoisotopic (exact) mass is 352 g/mol. The number of benzene rings is 3. The Hall–Kier alpha value is -3.73. The first kappa shape index (κ1) is 15.5. The first-order chi connectivity index (χ1) is 13.2. The average molecular weight is 352 g/mol. The zero-order valence-electron chi connectivity index (χ0n) is 14.7. The Morgan fingerprint density at radius 1 is 0.704 bits per heavy atom. The van der Waals surface area contributed by atoms with Crippen molar-refractivity contribution in [3.63, 3.8) is 0 Å². The molecule has 5 heteroatoms. The van der Waals surface area contributed by atoms with E-state index in [1.54, 1.807) is 4.57 Å². The van der Waals surface area contributed by atoms with E-state index in [-0.39, 0.29) is 5.88 Å². The summed E-state index contributed by atoms with van der Waals surface area (Å²) < 4.78 is 1.71. The van der Waals surface area contributed by atoms with Crippen molar-refractivity contribution < 1.29 is 5.11 Å². The first-order valence-electron chi connectivity index (χ1n) is 8.69. The van der Waals surface area contributed by atoms with Gasteiger partial charge in [-0.1, -0.05) is 54.6 Å². The van der Waals surface area contributed by atoms with Gasteiger partial charge in [0.25, 0.3) is 0 Å². The van der Waals surface area contributed by atoms with Gasteiger partial charge in [-0.3, -0.25) is 0 Å². The van der Waals surface area contributed by atoms with Gasteiger partial charge >= 0.3 is 0 Å². The van der Waals surface area contributed by atoms with Gasteiger partial charge in [0.2, 0.25) is 5.88 Å². The maximum absolute atomic E-state index is 10.5. The molecular formula is C22H16N4O. The van der Waals surface area contributed by atoms with Crippen LogP contribution in [0.4, 0.5) is 11.4 Å². The third kappa shape index (κ3) is 2.36. The van der Waals surface area contributed by atoms with E-state index in [2.05, 4.69) is 10.2 Å². The second kappa shape index (κ2) is 5.92. The second-order valence-electron chi connectivity index (χ2n) is 6.44. The molecule has 0 atom stereocenters. The largest absolute Gasteiger partial charge is 0.493 e. The van der Waals surface area contributed by atoms with Crippen LogP contribution in [-0.4, -0.2) is 14.7 Å². The molecule has 5 rings (SSSR count). The predicted molar refractivity (Wildman–Crippen MR) is 108 cm³/mol. The molecule has 0 amide bonds. The van der Waals surface area contributed by atoms with Crippen molar-refractivity contribution in [2.75, 3.05) is 0 Å². The minimum atomic E-state index is 0.0996. The summed E-state index contributed by atoms with van der Waals surface area (Å²) in [6, 6.07) is 23.5. The summed E-state index contributed by atoms with van der Waals surface area (Å²) in [5.41, 5.74) is 3.87. The molecule has 0 aliphatic rings. The van der Waals surface area contributed by atoms with Crippen molar-refractivity contribution >= 4 is 44.1 Å². The summed E-state index contributed by atoms with van der Waals surface area (Å²) in [5, 5.41) is 22.3. The topological polar surface area (TPSA) is 62.8 Å². The third-order valence-electron chi connectivity index (χ3n) is 4.86. The fourth-order valence-electron chi connectivity index (χ4n) is 3.48. The quantitative estimate of drug-likeness (QED) is 0.313. The van der Waals surface area contributed by atoms with E-state index in [0.29, 0.717) is 5.69 Å². The highest BCUT2D eigenvalue weighted by atomic mass is 16.3. The van der Waals surface area contributed by atoms with Crippen LogP contribution in [-0.2, 0) is 7.05 Å². The summed E-state index contributed by atoms with van der Waals surface area (Å²) in [7, 11) is 1.81. The molecule has 3 aromatic carbocycles. The molecule has 0 radical (unpaired) electrons. The smallest absolute Gasteiger partial charge is 0.220 e. The summed E-state index contributed by atoms with van der Waals surface area (Å²) in [5.74, 6) is 0.0996. The van der Waals surface area contributed by atoms with Gasteiger partial charge in [-0.25, -0.2) is 4.98 Å². The summed E-state index contributed by atoms with van der Waals surface area (Å²) in [4.78, 5) is 4.71. The Kier molecular flexibility index (Phi) is 3.40. The Balaban J connectivity index is 1.79. The summed E-state index contributed by atoms with van der Waals surface area (Å²) in [6.07, 6.45) is 0. The molecule has 0 bridgehead atoms. The summed E-state index contributed by atoms with van der Waals surface area (Å²) in [6.45, 7) is 0. The number of para-hydroxylation sites is 3. The standard InChI is InChI=1S/C22H16N4O/c1-26-19-13-7-4-10-16(19)21(22(26)27)25-24-20-14-8-2-5-11-17(14)23-18-12-6-3-9-15(18)20/h2-13,27H,1H3. The predicted octanol–water partition coefficient (Wildman–Crippen LogP) is 6.00. The number of aromatic hydroxyl groups is 1. The van der Waals surface area contributed by atoms with Crippen LogP contribution in [0.25, 0.3) is 32.7 Å². The Morgan fingerprint density at radius 3 is 1.89 bits per heavy atom. The number of hydrogen-bond acceptors (Lipinski definition) is 4. The van der Waals surface area contributed by atoms with Crippen molar-refractivity contribution in [3.05, 3.63) is 72.8 Å². The van der Waals surface area contributed by atoms with Crippen LogP contribution >= 0.6 is 0 Å². The van der Waals surface area contributed by atoms with Crippen molar-refractivity contribution in [2.45, 2.75) is 0 Å². The molecule has 0 aliphatic heterocycles. The molecule has 2 aromatic heterocycles. The molecule has 130 valence electrons. The minimum Gasteiger partial charge on any atom is -0.493 e.